The summed E-state index contributed by atoms with van der Waals surface area (Å²) < 4.78 is 5.81. The number of fused-ring (bicyclic) bond motifs is 2. The number of aromatic nitrogens is 3. The van der Waals surface area contributed by atoms with Crippen LogP contribution >= 0.6 is 0 Å². The second-order valence-electron chi connectivity index (χ2n) is 5.06. The molecule has 0 spiro atoms. The zero-order valence-electron chi connectivity index (χ0n) is 10.4. The maximum absolute atomic E-state index is 9.90. The Morgan fingerprint density at radius 1 is 1.26 bits per heavy atom. The van der Waals surface area contributed by atoms with Crippen molar-refractivity contribution in [2.45, 2.75) is 25.0 Å². The predicted octanol–water partition coefficient (Wildman–Crippen LogP) is 0.747. The van der Waals surface area contributed by atoms with Gasteiger partial charge in [0, 0.05) is 12.7 Å². The molecule has 19 heavy (non-hydrogen) atoms. The van der Waals surface area contributed by atoms with Gasteiger partial charge in [0.25, 0.3) is 0 Å². The van der Waals surface area contributed by atoms with Gasteiger partial charge in [0.2, 0.25) is 5.88 Å². The van der Waals surface area contributed by atoms with Crippen LogP contribution in [0.3, 0.4) is 0 Å². The van der Waals surface area contributed by atoms with Crippen molar-refractivity contribution in [3.8, 4) is 5.88 Å². The molecule has 2 aromatic heterocycles. The van der Waals surface area contributed by atoms with E-state index >= 15 is 0 Å². The van der Waals surface area contributed by atoms with E-state index in [0.717, 1.165) is 29.6 Å². The number of nitrogens with zero attached hydrogens (tertiary/aromatic N) is 4. The van der Waals surface area contributed by atoms with Crippen molar-refractivity contribution in [1.82, 2.24) is 15.0 Å². The van der Waals surface area contributed by atoms with Gasteiger partial charge in [-0.2, -0.15) is 0 Å². The van der Waals surface area contributed by atoms with Crippen LogP contribution < -0.4 is 9.64 Å². The molecular formula is C13H14N4O2. The average molecular weight is 258 g/mol. The fourth-order valence-corrected chi connectivity index (χ4v) is 2.90. The van der Waals surface area contributed by atoms with Gasteiger partial charge in [-0.05, 0) is 18.9 Å². The van der Waals surface area contributed by atoms with Gasteiger partial charge in [-0.1, -0.05) is 0 Å². The molecule has 6 heteroatoms. The standard InChI is InChI=1S/C13H14N4O2/c18-9-2-1-8-6-19-13-11-10(3-4-14-13)15-7-16-12(11)17(8)5-9/h3-4,7-9,18H,1-2,5-6H2. The lowest BCUT2D eigenvalue weighted by Crippen LogP contribution is -2.48. The van der Waals surface area contributed by atoms with Gasteiger partial charge in [-0.3, -0.25) is 0 Å². The van der Waals surface area contributed by atoms with E-state index in [1.807, 2.05) is 6.07 Å². The van der Waals surface area contributed by atoms with Crippen LogP contribution in [0.2, 0.25) is 0 Å². The number of aliphatic hydroxyl groups is 1. The van der Waals surface area contributed by atoms with E-state index in [-0.39, 0.29) is 12.1 Å². The Morgan fingerprint density at radius 3 is 3.16 bits per heavy atom. The largest absolute Gasteiger partial charge is 0.475 e. The molecule has 1 saturated heterocycles. The minimum Gasteiger partial charge on any atom is -0.475 e. The molecule has 0 bridgehead atoms. The molecule has 6 nitrogen and oxygen atoms in total. The first-order valence-corrected chi connectivity index (χ1v) is 6.50. The number of pyridine rings is 1. The monoisotopic (exact) mass is 258 g/mol. The quantitative estimate of drug-likeness (QED) is 0.751. The molecular weight excluding hydrogens is 244 g/mol. The van der Waals surface area contributed by atoms with E-state index in [1.165, 1.54) is 0 Å². The van der Waals surface area contributed by atoms with Crippen molar-refractivity contribution in [3.63, 3.8) is 0 Å². The van der Waals surface area contributed by atoms with Gasteiger partial charge >= 0.3 is 0 Å². The molecule has 4 heterocycles. The lowest BCUT2D eigenvalue weighted by atomic mass is 10.0. The lowest BCUT2D eigenvalue weighted by molar-refractivity contribution is 0.130. The molecule has 0 aliphatic carbocycles. The predicted molar refractivity (Wildman–Crippen MR) is 69.2 cm³/mol. The fourth-order valence-electron chi connectivity index (χ4n) is 2.90. The molecule has 0 amide bonds. The zero-order chi connectivity index (χ0) is 12.8. The lowest BCUT2D eigenvalue weighted by Gasteiger charge is -2.37. The number of ether oxygens (including phenoxy) is 1. The summed E-state index contributed by atoms with van der Waals surface area (Å²) in [6, 6.07) is 2.10. The fraction of sp³-hybridized carbons (Fsp3) is 0.462. The van der Waals surface area contributed by atoms with Gasteiger partial charge < -0.3 is 14.7 Å². The zero-order valence-corrected chi connectivity index (χ0v) is 10.4. The SMILES string of the molecule is OC1CCC2COc3nccc4ncnc(c34)N2C1. The summed E-state index contributed by atoms with van der Waals surface area (Å²) in [5, 5.41) is 10.8. The van der Waals surface area contributed by atoms with Crippen LogP contribution in [0.4, 0.5) is 5.82 Å². The Hall–Kier alpha value is -1.95. The summed E-state index contributed by atoms with van der Waals surface area (Å²) in [5.74, 6) is 1.42. The van der Waals surface area contributed by atoms with Crippen molar-refractivity contribution >= 4 is 16.7 Å². The van der Waals surface area contributed by atoms with E-state index in [1.54, 1.807) is 12.5 Å². The maximum Gasteiger partial charge on any atom is 0.226 e. The molecule has 2 atom stereocenters. The molecule has 2 unspecified atom stereocenters. The van der Waals surface area contributed by atoms with Crippen LogP contribution in [0.5, 0.6) is 5.88 Å². The minimum absolute atomic E-state index is 0.246. The highest BCUT2D eigenvalue weighted by Crippen LogP contribution is 2.36. The summed E-state index contributed by atoms with van der Waals surface area (Å²) in [4.78, 5) is 15.1. The smallest absolute Gasteiger partial charge is 0.226 e. The number of hydrogen-bond donors (Lipinski definition) is 1. The number of aliphatic hydroxyl groups excluding tert-OH is 1. The van der Waals surface area contributed by atoms with Crippen molar-refractivity contribution in [1.29, 1.82) is 0 Å². The van der Waals surface area contributed by atoms with Crippen LogP contribution in [0.15, 0.2) is 18.6 Å². The Morgan fingerprint density at radius 2 is 2.21 bits per heavy atom. The van der Waals surface area contributed by atoms with Gasteiger partial charge in [0.05, 0.1) is 17.7 Å². The van der Waals surface area contributed by atoms with Gasteiger partial charge in [0.15, 0.2) is 0 Å². The first-order chi connectivity index (χ1) is 9.33. The number of rotatable bonds is 0. The summed E-state index contributed by atoms with van der Waals surface area (Å²) in [7, 11) is 0. The van der Waals surface area contributed by atoms with E-state index in [9.17, 15) is 5.11 Å². The first kappa shape index (κ1) is 10.9. The molecule has 2 aromatic rings. The Labute approximate surface area is 110 Å². The third-order valence-electron chi connectivity index (χ3n) is 3.86. The van der Waals surface area contributed by atoms with Gasteiger partial charge in [0.1, 0.15) is 24.1 Å². The van der Waals surface area contributed by atoms with Crippen molar-refractivity contribution in [2.75, 3.05) is 18.1 Å². The number of hydrogen-bond acceptors (Lipinski definition) is 6. The Kier molecular flexibility index (Phi) is 2.32. The molecule has 98 valence electrons. The van der Waals surface area contributed by atoms with Crippen LogP contribution in [-0.4, -0.2) is 45.4 Å². The van der Waals surface area contributed by atoms with Crippen LogP contribution in [0.1, 0.15) is 12.8 Å². The topological polar surface area (TPSA) is 71.4 Å². The highest BCUT2D eigenvalue weighted by Gasteiger charge is 2.33. The van der Waals surface area contributed by atoms with E-state index in [0.29, 0.717) is 19.0 Å². The molecule has 0 aromatic carbocycles. The van der Waals surface area contributed by atoms with Gasteiger partial charge in [-0.15, -0.1) is 0 Å². The van der Waals surface area contributed by atoms with Gasteiger partial charge in [-0.25, -0.2) is 15.0 Å². The summed E-state index contributed by atoms with van der Waals surface area (Å²) in [5.41, 5.74) is 0.829. The molecule has 2 aliphatic heterocycles. The normalized spacial score (nSPS) is 25.6. The minimum atomic E-state index is -0.306. The molecule has 1 N–H and O–H groups in total. The third kappa shape index (κ3) is 1.63. The van der Waals surface area contributed by atoms with E-state index in [2.05, 4.69) is 19.9 Å². The second-order valence-corrected chi connectivity index (χ2v) is 5.06. The summed E-state index contributed by atoms with van der Waals surface area (Å²) in [6.45, 7) is 1.17. The van der Waals surface area contributed by atoms with Crippen LogP contribution in [-0.2, 0) is 0 Å². The Bertz CT molecular complexity index is 628. The second kappa shape index (κ2) is 4.03. The van der Waals surface area contributed by atoms with Crippen molar-refractivity contribution < 1.29 is 9.84 Å². The molecule has 1 fully saturated rings. The highest BCUT2D eigenvalue weighted by atomic mass is 16.5. The van der Waals surface area contributed by atoms with Crippen molar-refractivity contribution in [2.24, 2.45) is 0 Å². The third-order valence-corrected chi connectivity index (χ3v) is 3.86. The van der Waals surface area contributed by atoms with E-state index in [4.69, 9.17) is 4.74 Å². The van der Waals surface area contributed by atoms with E-state index < -0.39 is 0 Å². The average Bonchev–Trinajstić information content (AvgIpc) is 2.59. The summed E-state index contributed by atoms with van der Waals surface area (Å²) in [6.07, 6.45) is 4.67. The Balaban J connectivity index is 1.94. The first-order valence-electron chi connectivity index (χ1n) is 6.50. The molecule has 0 radical (unpaired) electrons. The molecule has 0 saturated carbocycles. The number of anilines is 1. The maximum atomic E-state index is 9.90. The summed E-state index contributed by atoms with van der Waals surface area (Å²) >= 11 is 0. The van der Waals surface area contributed by atoms with Crippen molar-refractivity contribution in [3.05, 3.63) is 18.6 Å². The van der Waals surface area contributed by atoms with Crippen LogP contribution in [0, 0.1) is 0 Å². The van der Waals surface area contributed by atoms with Crippen LogP contribution in [0.25, 0.3) is 10.9 Å². The highest BCUT2D eigenvalue weighted by molar-refractivity contribution is 5.94. The molecule has 4 rings (SSSR count). The number of piperidine rings is 1. The molecule has 2 aliphatic rings.